The van der Waals surface area contributed by atoms with E-state index in [1.54, 1.807) is 0 Å². The van der Waals surface area contributed by atoms with E-state index in [1.807, 2.05) is 26.8 Å². The molecule has 0 spiro atoms. The first-order chi connectivity index (χ1) is 5.57. The Morgan fingerprint density at radius 3 is 2.42 bits per heavy atom. The maximum Gasteiger partial charge on any atom is 0.122 e. The third-order valence-electron chi connectivity index (χ3n) is 2.26. The zero-order valence-electron chi connectivity index (χ0n) is 7.61. The van der Waals surface area contributed by atoms with Gasteiger partial charge in [0.2, 0.25) is 0 Å². The molecule has 0 heterocycles. The molecule has 0 aromatic heterocycles. The summed E-state index contributed by atoms with van der Waals surface area (Å²) < 4.78 is 0. The zero-order chi connectivity index (χ0) is 9.30. The Balaban J connectivity index is 3.39. The molecule has 1 nitrogen and oxygen atoms in total. The van der Waals surface area contributed by atoms with E-state index < -0.39 is 0 Å². The average molecular weight is 185 g/mol. The topological polar surface area (TPSA) is 20.2 Å². The fourth-order valence-corrected chi connectivity index (χ4v) is 1.47. The first-order valence-electron chi connectivity index (χ1n) is 4.05. The molecule has 1 N–H and O–H groups in total. The van der Waals surface area contributed by atoms with Crippen molar-refractivity contribution in [3.63, 3.8) is 0 Å². The van der Waals surface area contributed by atoms with Crippen LogP contribution >= 0.6 is 11.6 Å². The van der Waals surface area contributed by atoms with Crippen molar-refractivity contribution in [2.45, 2.75) is 27.2 Å². The molecule has 0 saturated heterocycles. The van der Waals surface area contributed by atoms with Crippen LogP contribution in [0.4, 0.5) is 0 Å². The van der Waals surface area contributed by atoms with Gasteiger partial charge < -0.3 is 5.11 Å². The van der Waals surface area contributed by atoms with Crippen LogP contribution in [-0.4, -0.2) is 5.11 Å². The van der Waals surface area contributed by atoms with E-state index in [0.29, 0.717) is 5.75 Å². The van der Waals surface area contributed by atoms with Gasteiger partial charge in [0.15, 0.2) is 0 Å². The number of phenols is 1. The Morgan fingerprint density at radius 2 is 1.92 bits per heavy atom. The van der Waals surface area contributed by atoms with Gasteiger partial charge in [0, 0.05) is 5.02 Å². The highest BCUT2D eigenvalue weighted by atomic mass is 35.5. The van der Waals surface area contributed by atoms with Gasteiger partial charge in [0.1, 0.15) is 5.75 Å². The zero-order valence-corrected chi connectivity index (χ0v) is 8.37. The van der Waals surface area contributed by atoms with Crippen molar-refractivity contribution in [2.24, 2.45) is 0 Å². The molecule has 0 aliphatic carbocycles. The summed E-state index contributed by atoms with van der Waals surface area (Å²) in [5.74, 6) is 0.388. The van der Waals surface area contributed by atoms with Crippen LogP contribution in [0.1, 0.15) is 23.6 Å². The maximum atomic E-state index is 9.64. The van der Waals surface area contributed by atoms with Crippen molar-refractivity contribution >= 4 is 11.6 Å². The molecule has 0 unspecified atom stereocenters. The molecule has 0 aliphatic heterocycles. The van der Waals surface area contributed by atoms with Crippen molar-refractivity contribution in [3.8, 4) is 5.75 Å². The fourth-order valence-electron chi connectivity index (χ4n) is 1.20. The van der Waals surface area contributed by atoms with E-state index in [9.17, 15) is 5.11 Å². The van der Waals surface area contributed by atoms with E-state index >= 15 is 0 Å². The number of aromatic hydroxyl groups is 1. The largest absolute Gasteiger partial charge is 0.507 e. The third kappa shape index (κ3) is 1.42. The van der Waals surface area contributed by atoms with E-state index in [2.05, 4.69) is 0 Å². The van der Waals surface area contributed by atoms with Gasteiger partial charge >= 0.3 is 0 Å². The van der Waals surface area contributed by atoms with E-state index in [4.69, 9.17) is 11.6 Å². The highest BCUT2D eigenvalue weighted by Gasteiger charge is 2.08. The molecule has 0 amide bonds. The molecular formula is C10H13ClO. The number of benzene rings is 1. The van der Waals surface area contributed by atoms with Crippen molar-refractivity contribution in [3.05, 3.63) is 27.8 Å². The molecule has 0 radical (unpaired) electrons. The van der Waals surface area contributed by atoms with Crippen LogP contribution in [0.15, 0.2) is 6.07 Å². The second-order valence-electron chi connectivity index (χ2n) is 2.97. The smallest absolute Gasteiger partial charge is 0.122 e. The van der Waals surface area contributed by atoms with Gasteiger partial charge in [-0.1, -0.05) is 18.5 Å². The van der Waals surface area contributed by atoms with Gasteiger partial charge in [-0.2, -0.15) is 0 Å². The monoisotopic (exact) mass is 184 g/mol. The highest BCUT2D eigenvalue weighted by molar-refractivity contribution is 6.31. The van der Waals surface area contributed by atoms with Gasteiger partial charge in [-0.05, 0) is 43.0 Å². The summed E-state index contributed by atoms with van der Waals surface area (Å²) in [6.07, 6.45) is 0.812. The Morgan fingerprint density at radius 1 is 1.33 bits per heavy atom. The van der Waals surface area contributed by atoms with Crippen molar-refractivity contribution in [2.75, 3.05) is 0 Å². The summed E-state index contributed by atoms with van der Waals surface area (Å²) in [4.78, 5) is 0. The number of hydrogen-bond donors (Lipinski definition) is 1. The Bertz CT molecular complexity index is 305. The predicted molar refractivity (Wildman–Crippen MR) is 52.0 cm³/mol. The first-order valence-corrected chi connectivity index (χ1v) is 4.43. The number of halogens is 1. The minimum atomic E-state index is 0.388. The third-order valence-corrected chi connectivity index (χ3v) is 2.65. The fraction of sp³-hybridized carbons (Fsp3) is 0.400. The predicted octanol–water partition coefficient (Wildman–Crippen LogP) is 3.22. The molecule has 0 fully saturated rings. The SMILES string of the molecule is CCc1cc(Cl)c(C)c(C)c1O. The van der Waals surface area contributed by atoms with Gasteiger partial charge in [-0.3, -0.25) is 0 Å². The molecule has 1 aromatic carbocycles. The van der Waals surface area contributed by atoms with Crippen LogP contribution in [0, 0.1) is 13.8 Å². The van der Waals surface area contributed by atoms with Gasteiger partial charge in [-0.15, -0.1) is 0 Å². The lowest BCUT2D eigenvalue weighted by Crippen LogP contribution is -1.89. The lowest BCUT2D eigenvalue weighted by Gasteiger charge is -2.09. The molecule has 2 heteroatoms. The number of aryl methyl sites for hydroxylation is 1. The van der Waals surface area contributed by atoms with Crippen LogP contribution in [0.2, 0.25) is 5.02 Å². The quantitative estimate of drug-likeness (QED) is 0.711. The molecule has 0 atom stereocenters. The number of rotatable bonds is 1. The van der Waals surface area contributed by atoms with Crippen LogP contribution in [0.5, 0.6) is 5.75 Å². The van der Waals surface area contributed by atoms with Crippen LogP contribution in [0.3, 0.4) is 0 Å². The van der Waals surface area contributed by atoms with Gasteiger partial charge in [0.05, 0.1) is 0 Å². The van der Waals surface area contributed by atoms with Crippen LogP contribution in [-0.2, 0) is 6.42 Å². The molecule has 66 valence electrons. The molecule has 12 heavy (non-hydrogen) atoms. The molecule has 1 aromatic rings. The number of phenolic OH excluding ortho intramolecular Hbond substituents is 1. The standard InChI is InChI=1S/C10H13ClO/c1-4-8-5-9(11)6(2)7(3)10(8)12/h5,12H,4H2,1-3H3. The minimum absolute atomic E-state index is 0.388. The average Bonchev–Trinajstić information content (AvgIpc) is 2.08. The van der Waals surface area contributed by atoms with E-state index in [0.717, 1.165) is 28.1 Å². The lowest BCUT2D eigenvalue weighted by molar-refractivity contribution is 0.464. The summed E-state index contributed by atoms with van der Waals surface area (Å²) >= 11 is 5.96. The Kier molecular flexibility index (Phi) is 2.63. The summed E-state index contributed by atoms with van der Waals surface area (Å²) in [5.41, 5.74) is 2.77. The molecule has 0 aliphatic rings. The van der Waals surface area contributed by atoms with Gasteiger partial charge in [-0.25, -0.2) is 0 Å². The summed E-state index contributed by atoms with van der Waals surface area (Å²) in [5, 5.41) is 10.4. The molecule has 0 saturated carbocycles. The summed E-state index contributed by atoms with van der Waals surface area (Å²) in [6.45, 7) is 5.80. The van der Waals surface area contributed by atoms with E-state index in [1.165, 1.54) is 0 Å². The van der Waals surface area contributed by atoms with E-state index in [-0.39, 0.29) is 0 Å². The Labute approximate surface area is 78.0 Å². The highest BCUT2D eigenvalue weighted by Crippen LogP contribution is 2.30. The Hall–Kier alpha value is -0.690. The molecule has 0 bridgehead atoms. The first kappa shape index (κ1) is 9.40. The molecule has 1 rings (SSSR count). The number of hydrogen-bond acceptors (Lipinski definition) is 1. The maximum absolute atomic E-state index is 9.64. The molecular weight excluding hydrogens is 172 g/mol. The second kappa shape index (κ2) is 3.36. The van der Waals surface area contributed by atoms with Crippen molar-refractivity contribution in [1.29, 1.82) is 0 Å². The van der Waals surface area contributed by atoms with Gasteiger partial charge in [0.25, 0.3) is 0 Å². The summed E-state index contributed by atoms with van der Waals surface area (Å²) in [7, 11) is 0. The van der Waals surface area contributed by atoms with Crippen LogP contribution < -0.4 is 0 Å². The normalized spacial score (nSPS) is 10.3. The lowest BCUT2D eigenvalue weighted by atomic mass is 10.0. The van der Waals surface area contributed by atoms with Crippen molar-refractivity contribution < 1.29 is 5.11 Å². The van der Waals surface area contributed by atoms with Crippen molar-refractivity contribution in [1.82, 2.24) is 0 Å². The summed E-state index contributed by atoms with van der Waals surface area (Å²) in [6, 6.07) is 1.83. The van der Waals surface area contributed by atoms with Crippen LogP contribution in [0.25, 0.3) is 0 Å². The minimum Gasteiger partial charge on any atom is -0.507 e. The second-order valence-corrected chi connectivity index (χ2v) is 3.38.